The highest BCUT2D eigenvalue weighted by atomic mass is 32.2. The van der Waals surface area contributed by atoms with Gasteiger partial charge in [-0.1, -0.05) is 0 Å². The molecule has 0 aromatic rings. The topological polar surface area (TPSA) is 35.5 Å². The number of hydrogen-bond donors (Lipinski definition) is 0. The number of halogens is 1. The van der Waals surface area contributed by atoms with Crippen molar-refractivity contribution in [2.45, 2.75) is 6.10 Å². The van der Waals surface area contributed by atoms with E-state index < -0.39 is 24.1 Å². The minimum absolute atomic E-state index is 0.100. The highest BCUT2D eigenvalue weighted by Crippen LogP contribution is 2.07. The molecular formula is C3H5FO3S. The Kier molecular flexibility index (Phi) is 1.93. The first-order chi connectivity index (χ1) is 3.83. The summed E-state index contributed by atoms with van der Waals surface area (Å²) in [5.74, 6) is 0. The second-order valence-electron chi connectivity index (χ2n) is 1.36. The molecule has 1 aliphatic rings. The van der Waals surface area contributed by atoms with Gasteiger partial charge in [0, 0.05) is 0 Å². The fraction of sp³-hybridized carbons (Fsp3) is 1.00. The lowest BCUT2D eigenvalue weighted by Crippen LogP contribution is -2.10. The van der Waals surface area contributed by atoms with Gasteiger partial charge >= 0.3 is 11.4 Å². The van der Waals surface area contributed by atoms with Crippen molar-refractivity contribution >= 4 is 11.4 Å². The van der Waals surface area contributed by atoms with Gasteiger partial charge in [-0.25, -0.2) is 4.39 Å². The fourth-order valence-corrected chi connectivity index (χ4v) is 1.02. The maximum absolute atomic E-state index is 11.5. The molecular weight excluding hydrogens is 135 g/mol. The highest BCUT2D eigenvalue weighted by molar-refractivity contribution is 7.75. The Balaban J connectivity index is 2.32. The van der Waals surface area contributed by atoms with Crippen LogP contribution in [-0.4, -0.2) is 23.6 Å². The Morgan fingerprint density at radius 2 is 2.62 bits per heavy atom. The van der Waals surface area contributed by atoms with Gasteiger partial charge in [0.15, 0.2) is 0 Å². The van der Waals surface area contributed by atoms with E-state index in [1.54, 1.807) is 0 Å². The molecule has 2 unspecified atom stereocenters. The maximum Gasteiger partial charge on any atom is 0.305 e. The van der Waals surface area contributed by atoms with E-state index in [9.17, 15) is 8.60 Å². The van der Waals surface area contributed by atoms with E-state index in [0.29, 0.717) is 0 Å². The van der Waals surface area contributed by atoms with Crippen LogP contribution < -0.4 is 0 Å². The second-order valence-corrected chi connectivity index (χ2v) is 2.20. The van der Waals surface area contributed by atoms with Crippen molar-refractivity contribution in [2.75, 3.05) is 13.3 Å². The van der Waals surface area contributed by atoms with Crippen molar-refractivity contribution in [3.63, 3.8) is 0 Å². The van der Waals surface area contributed by atoms with Gasteiger partial charge in [0.1, 0.15) is 12.8 Å². The molecule has 0 aliphatic carbocycles. The molecule has 0 bridgehead atoms. The molecule has 0 N–H and O–H groups in total. The lowest BCUT2D eigenvalue weighted by Gasteiger charge is -1.93. The summed E-state index contributed by atoms with van der Waals surface area (Å²) >= 11 is -1.69. The van der Waals surface area contributed by atoms with Crippen LogP contribution in [0.1, 0.15) is 0 Å². The summed E-state index contributed by atoms with van der Waals surface area (Å²) in [6, 6.07) is 0. The van der Waals surface area contributed by atoms with Crippen molar-refractivity contribution in [3.8, 4) is 0 Å². The summed E-state index contributed by atoms with van der Waals surface area (Å²) < 4.78 is 30.4. The molecule has 48 valence electrons. The predicted molar refractivity (Wildman–Crippen MR) is 24.9 cm³/mol. The molecule has 0 saturated carbocycles. The summed E-state index contributed by atoms with van der Waals surface area (Å²) in [5, 5.41) is 0. The van der Waals surface area contributed by atoms with Crippen molar-refractivity contribution < 1.29 is 17.0 Å². The number of rotatable bonds is 1. The van der Waals surface area contributed by atoms with Crippen LogP contribution in [0.15, 0.2) is 0 Å². The van der Waals surface area contributed by atoms with Crippen LogP contribution in [0.2, 0.25) is 0 Å². The Morgan fingerprint density at radius 1 is 1.88 bits per heavy atom. The molecule has 0 radical (unpaired) electrons. The van der Waals surface area contributed by atoms with Gasteiger partial charge in [-0.05, 0) is 0 Å². The first kappa shape index (κ1) is 6.12. The summed E-state index contributed by atoms with van der Waals surface area (Å²) in [4.78, 5) is 0. The van der Waals surface area contributed by atoms with Crippen LogP contribution in [0.5, 0.6) is 0 Å². The molecule has 0 aromatic carbocycles. The van der Waals surface area contributed by atoms with Crippen LogP contribution in [0, 0.1) is 0 Å². The molecule has 0 spiro atoms. The summed E-state index contributed by atoms with van der Waals surface area (Å²) in [6.07, 6.45) is -0.615. The highest BCUT2D eigenvalue weighted by Gasteiger charge is 2.22. The van der Waals surface area contributed by atoms with Gasteiger partial charge in [0.05, 0.1) is 6.61 Å². The molecule has 8 heavy (non-hydrogen) atoms. The maximum atomic E-state index is 11.5. The zero-order valence-electron chi connectivity index (χ0n) is 4.00. The van der Waals surface area contributed by atoms with Gasteiger partial charge in [-0.3, -0.25) is 8.37 Å². The Hall–Kier alpha value is -0.0000000000000000486. The standard InChI is InChI=1S/C3H5FO3S/c4-1-3-2-6-8(5)7-3/h3H,1-2H2. The molecule has 1 fully saturated rings. The minimum atomic E-state index is -1.69. The molecule has 1 heterocycles. The SMILES string of the molecule is O=S1OCC(CF)O1. The van der Waals surface area contributed by atoms with Crippen molar-refractivity contribution in [1.29, 1.82) is 0 Å². The van der Waals surface area contributed by atoms with Gasteiger partial charge in [0.25, 0.3) is 0 Å². The van der Waals surface area contributed by atoms with E-state index in [4.69, 9.17) is 0 Å². The van der Waals surface area contributed by atoms with Crippen LogP contribution in [0.4, 0.5) is 4.39 Å². The Labute approximate surface area is 48.6 Å². The smallest absolute Gasteiger partial charge is 0.266 e. The van der Waals surface area contributed by atoms with E-state index in [0.717, 1.165) is 0 Å². The average molecular weight is 140 g/mol. The lowest BCUT2D eigenvalue weighted by atomic mass is 10.4. The molecule has 3 nitrogen and oxygen atoms in total. The van der Waals surface area contributed by atoms with Crippen molar-refractivity contribution in [3.05, 3.63) is 0 Å². The first-order valence-electron chi connectivity index (χ1n) is 2.11. The third-order valence-corrected chi connectivity index (χ3v) is 1.49. The molecule has 0 aromatic heterocycles. The van der Waals surface area contributed by atoms with Crippen LogP contribution >= 0.6 is 0 Å². The fourth-order valence-electron chi connectivity index (χ4n) is 0.368. The third kappa shape index (κ3) is 1.24. The van der Waals surface area contributed by atoms with Gasteiger partial charge < -0.3 is 0 Å². The normalized spacial score (nSPS) is 38.1. The molecule has 5 heteroatoms. The Bertz CT molecular complexity index is 107. The minimum Gasteiger partial charge on any atom is -0.266 e. The molecule has 1 saturated heterocycles. The van der Waals surface area contributed by atoms with Gasteiger partial charge in [0.2, 0.25) is 0 Å². The predicted octanol–water partition coefficient (Wildman–Crippen LogP) is -0.0500. The largest absolute Gasteiger partial charge is 0.305 e. The molecule has 0 amide bonds. The van der Waals surface area contributed by atoms with Crippen LogP contribution in [0.3, 0.4) is 0 Å². The van der Waals surface area contributed by atoms with E-state index in [1.807, 2.05) is 0 Å². The summed E-state index contributed by atoms with van der Waals surface area (Å²) in [6.45, 7) is -0.533. The zero-order chi connectivity index (χ0) is 5.98. The monoisotopic (exact) mass is 140 g/mol. The van der Waals surface area contributed by atoms with Crippen molar-refractivity contribution in [1.82, 2.24) is 0 Å². The first-order valence-corrected chi connectivity index (χ1v) is 3.11. The number of alkyl halides is 1. The zero-order valence-corrected chi connectivity index (χ0v) is 4.82. The molecule has 1 aliphatic heterocycles. The second kappa shape index (κ2) is 2.52. The van der Waals surface area contributed by atoms with E-state index in [-0.39, 0.29) is 6.61 Å². The van der Waals surface area contributed by atoms with E-state index in [2.05, 4.69) is 8.37 Å². The van der Waals surface area contributed by atoms with Gasteiger partial charge in [-0.15, -0.1) is 0 Å². The van der Waals surface area contributed by atoms with Gasteiger partial charge in [-0.2, -0.15) is 4.21 Å². The molecule has 2 atom stereocenters. The summed E-state index contributed by atoms with van der Waals surface area (Å²) in [5.41, 5.74) is 0. The van der Waals surface area contributed by atoms with Crippen LogP contribution in [-0.2, 0) is 19.7 Å². The quantitative estimate of drug-likeness (QED) is 0.512. The number of hydrogen-bond acceptors (Lipinski definition) is 3. The van der Waals surface area contributed by atoms with E-state index in [1.165, 1.54) is 0 Å². The molecule has 1 rings (SSSR count). The third-order valence-electron chi connectivity index (χ3n) is 0.737. The lowest BCUT2D eigenvalue weighted by molar-refractivity contribution is 0.195. The van der Waals surface area contributed by atoms with Crippen molar-refractivity contribution in [2.24, 2.45) is 0 Å². The summed E-state index contributed by atoms with van der Waals surface area (Å²) in [7, 11) is 0. The van der Waals surface area contributed by atoms with E-state index >= 15 is 0 Å². The average Bonchev–Trinajstić information content (AvgIpc) is 2.14. The Morgan fingerprint density at radius 3 is 2.88 bits per heavy atom. The van der Waals surface area contributed by atoms with Crippen LogP contribution in [0.25, 0.3) is 0 Å².